The standard InChI is InChI=1S/C10H20O3/c1-2-3-4-5-9(11)8-10-12-6-7-13-10/h9-11H,2-8H2,1H3. The molecule has 0 aromatic carbocycles. The summed E-state index contributed by atoms with van der Waals surface area (Å²) in [5.74, 6) is 0. The van der Waals surface area contributed by atoms with Gasteiger partial charge in [-0.1, -0.05) is 26.2 Å². The Morgan fingerprint density at radius 2 is 2.00 bits per heavy atom. The lowest BCUT2D eigenvalue weighted by atomic mass is 10.1. The van der Waals surface area contributed by atoms with Gasteiger partial charge in [0, 0.05) is 6.42 Å². The fraction of sp³-hybridized carbons (Fsp3) is 1.00. The van der Waals surface area contributed by atoms with Gasteiger partial charge in [-0.3, -0.25) is 0 Å². The van der Waals surface area contributed by atoms with Gasteiger partial charge in [-0.25, -0.2) is 0 Å². The molecule has 78 valence electrons. The molecule has 0 saturated carbocycles. The molecular weight excluding hydrogens is 168 g/mol. The van der Waals surface area contributed by atoms with E-state index in [2.05, 4.69) is 6.92 Å². The van der Waals surface area contributed by atoms with E-state index in [1.165, 1.54) is 12.8 Å². The Morgan fingerprint density at radius 3 is 2.62 bits per heavy atom. The average Bonchev–Trinajstić information content (AvgIpc) is 2.57. The molecule has 0 radical (unpaired) electrons. The summed E-state index contributed by atoms with van der Waals surface area (Å²) in [6, 6.07) is 0. The first kappa shape index (κ1) is 11.0. The van der Waals surface area contributed by atoms with Crippen LogP contribution in [-0.2, 0) is 9.47 Å². The molecule has 0 aromatic rings. The first-order chi connectivity index (χ1) is 6.33. The number of ether oxygens (including phenoxy) is 2. The molecule has 1 aliphatic rings. The zero-order chi connectivity index (χ0) is 9.52. The molecule has 1 N–H and O–H groups in total. The lowest BCUT2D eigenvalue weighted by molar-refractivity contribution is -0.0712. The molecule has 0 aliphatic carbocycles. The second kappa shape index (κ2) is 6.35. The Bertz CT molecular complexity index is 121. The van der Waals surface area contributed by atoms with Crippen LogP contribution in [0.3, 0.4) is 0 Å². The largest absolute Gasteiger partial charge is 0.393 e. The van der Waals surface area contributed by atoms with E-state index in [0.29, 0.717) is 19.6 Å². The third kappa shape index (κ3) is 4.60. The monoisotopic (exact) mass is 188 g/mol. The van der Waals surface area contributed by atoms with E-state index in [-0.39, 0.29) is 12.4 Å². The maximum atomic E-state index is 9.58. The second-order valence-electron chi connectivity index (χ2n) is 3.56. The Morgan fingerprint density at radius 1 is 1.31 bits per heavy atom. The average molecular weight is 188 g/mol. The van der Waals surface area contributed by atoms with Crippen LogP contribution in [0.4, 0.5) is 0 Å². The maximum Gasteiger partial charge on any atom is 0.160 e. The van der Waals surface area contributed by atoms with E-state index >= 15 is 0 Å². The van der Waals surface area contributed by atoms with Crippen LogP contribution < -0.4 is 0 Å². The first-order valence-corrected chi connectivity index (χ1v) is 5.24. The van der Waals surface area contributed by atoms with E-state index in [9.17, 15) is 5.11 Å². The highest BCUT2D eigenvalue weighted by molar-refractivity contribution is 4.61. The van der Waals surface area contributed by atoms with Crippen molar-refractivity contribution in [3.63, 3.8) is 0 Å². The Hall–Kier alpha value is -0.120. The summed E-state index contributed by atoms with van der Waals surface area (Å²) in [5, 5.41) is 9.58. The quantitative estimate of drug-likeness (QED) is 0.645. The van der Waals surface area contributed by atoms with E-state index < -0.39 is 0 Å². The van der Waals surface area contributed by atoms with Gasteiger partial charge < -0.3 is 14.6 Å². The van der Waals surface area contributed by atoms with Crippen LogP contribution in [-0.4, -0.2) is 30.7 Å². The Labute approximate surface area is 80.0 Å². The van der Waals surface area contributed by atoms with Crippen molar-refractivity contribution in [2.75, 3.05) is 13.2 Å². The number of unbranched alkanes of at least 4 members (excludes halogenated alkanes) is 2. The van der Waals surface area contributed by atoms with Crippen molar-refractivity contribution >= 4 is 0 Å². The summed E-state index contributed by atoms with van der Waals surface area (Å²) >= 11 is 0. The molecule has 0 spiro atoms. The fourth-order valence-corrected chi connectivity index (χ4v) is 1.51. The molecule has 0 aromatic heterocycles. The van der Waals surface area contributed by atoms with Gasteiger partial charge in [0.25, 0.3) is 0 Å². The molecule has 1 heterocycles. The SMILES string of the molecule is CCCCCC(O)CC1OCCO1. The lowest BCUT2D eigenvalue weighted by Crippen LogP contribution is -2.18. The minimum Gasteiger partial charge on any atom is -0.393 e. The van der Waals surface area contributed by atoms with Crippen LogP contribution in [0.2, 0.25) is 0 Å². The first-order valence-electron chi connectivity index (χ1n) is 5.24. The normalized spacial score (nSPS) is 20.8. The molecular formula is C10H20O3. The highest BCUT2D eigenvalue weighted by Gasteiger charge is 2.19. The van der Waals surface area contributed by atoms with Crippen LogP contribution in [0.1, 0.15) is 39.0 Å². The third-order valence-corrected chi connectivity index (χ3v) is 2.30. The molecule has 1 atom stereocenters. The van der Waals surface area contributed by atoms with Gasteiger partial charge in [0.15, 0.2) is 6.29 Å². The Kier molecular flexibility index (Phi) is 5.35. The van der Waals surface area contributed by atoms with E-state index in [1.54, 1.807) is 0 Å². The molecule has 0 bridgehead atoms. The van der Waals surface area contributed by atoms with Gasteiger partial charge in [-0.15, -0.1) is 0 Å². The predicted molar refractivity (Wildman–Crippen MR) is 50.5 cm³/mol. The molecule has 3 heteroatoms. The molecule has 0 amide bonds. The fourth-order valence-electron chi connectivity index (χ4n) is 1.51. The van der Waals surface area contributed by atoms with Gasteiger partial charge in [0.05, 0.1) is 19.3 Å². The lowest BCUT2D eigenvalue weighted by Gasteiger charge is -2.14. The third-order valence-electron chi connectivity index (χ3n) is 2.30. The van der Waals surface area contributed by atoms with Crippen molar-refractivity contribution < 1.29 is 14.6 Å². The zero-order valence-electron chi connectivity index (χ0n) is 8.37. The zero-order valence-corrected chi connectivity index (χ0v) is 8.37. The molecule has 1 rings (SSSR count). The van der Waals surface area contributed by atoms with Crippen LogP contribution in [0.25, 0.3) is 0 Å². The van der Waals surface area contributed by atoms with Gasteiger partial charge >= 0.3 is 0 Å². The number of rotatable bonds is 6. The van der Waals surface area contributed by atoms with E-state index in [4.69, 9.17) is 9.47 Å². The van der Waals surface area contributed by atoms with Crippen molar-refractivity contribution in [1.29, 1.82) is 0 Å². The van der Waals surface area contributed by atoms with Gasteiger partial charge in [0.1, 0.15) is 0 Å². The molecule has 1 fully saturated rings. The van der Waals surface area contributed by atoms with Crippen molar-refractivity contribution in [2.24, 2.45) is 0 Å². The predicted octanol–water partition coefficient (Wildman–Crippen LogP) is 1.69. The van der Waals surface area contributed by atoms with E-state index in [1.807, 2.05) is 0 Å². The minimum absolute atomic E-state index is 0.156. The van der Waals surface area contributed by atoms with Gasteiger partial charge in [-0.05, 0) is 6.42 Å². The molecule has 1 unspecified atom stereocenters. The number of hydrogen-bond acceptors (Lipinski definition) is 3. The topological polar surface area (TPSA) is 38.7 Å². The summed E-state index contributed by atoms with van der Waals surface area (Å²) in [4.78, 5) is 0. The summed E-state index contributed by atoms with van der Waals surface area (Å²) in [6.07, 6.45) is 4.59. The summed E-state index contributed by atoms with van der Waals surface area (Å²) in [6.45, 7) is 3.51. The molecule has 13 heavy (non-hydrogen) atoms. The van der Waals surface area contributed by atoms with Crippen LogP contribution in [0.15, 0.2) is 0 Å². The number of hydrogen-bond donors (Lipinski definition) is 1. The van der Waals surface area contributed by atoms with Crippen molar-refractivity contribution in [1.82, 2.24) is 0 Å². The highest BCUT2D eigenvalue weighted by atomic mass is 16.7. The highest BCUT2D eigenvalue weighted by Crippen LogP contribution is 2.14. The summed E-state index contributed by atoms with van der Waals surface area (Å²) in [7, 11) is 0. The molecule has 1 saturated heterocycles. The number of aliphatic hydroxyl groups is 1. The van der Waals surface area contributed by atoms with Crippen LogP contribution in [0.5, 0.6) is 0 Å². The minimum atomic E-state index is -0.255. The van der Waals surface area contributed by atoms with Gasteiger partial charge in [0.2, 0.25) is 0 Å². The molecule has 1 aliphatic heterocycles. The summed E-state index contributed by atoms with van der Waals surface area (Å²) in [5.41, 5.74) is 0. The van der Waals surface area contributed by atoms with Gasteiger partial charge in [-0.2, -0.15) is 0 Å². The van der Waals surface area contributed by atoms with Crippen molar-refractivity contribution in [3.05, 3.63) is 0 Å². The second-order valence-corrected chi connectivity index (χ2v) is 3.56. The van der Waals surface area contributed by atoms with Crippen molar-refractivity contribution in [3.8, 4) is 0 Å². The maximum absolute atomic E-state index is 9.58. The Balaban J connectivity index is 1.99. The van der Waals surface area contributed by atoms with Crippen molar-refractivity contribution in [2.45, 2.75) is 51.4 Å². The van der Waals surface area contributed by atoms with Crippen LogP contribution >= 0.6 is 0 Å². The molecule has 3 nitrogen and oxygen atoms in total. The van der Waals surface area contributed by atoms with E-state index in [0.717, 1.165) is 12.8 Å². The summed E-state index contributed by atoms with van der Waals surface area (Å²) < 4.78 is 10.5. The van der Waals surface area contributed by atoms with Crippen LogP contribution in [0, 0.1) is 0 Å². The number of aliphatic hydroxyl groups excluding tert-OH is 1. The smallest absolute Gasteiger partial charge is 0.160 e.